The lowest BCUT2D eigenvalue weighted by molar-refractivity contribution is 0.153. The van der Waals surface area contributed by atoms with Crippen molar-refractivity contribution in [3.05, 3.63) is 41.6 Å². The van der Waals surface area contributed by atoms with E-state index in [0.717, 1.165) is 48.5 Å². The third kappa shape index (κ3) is 4.90. The molecule has 1 aliphatic heterocycles. The second-order valence-electron chi connectivity index (χ2n) is 8.28. The maximum atomic E-state index is 6.16. The molecule has 0 aliphatic carbocycles. The largest absolute Gasteiger partial charge is 0.494 e. The Kier molecular flexibility index (Phi) is 6.56. The zero-order chi connectivity index (χ0) is 21.8. The first-order valence-corrected chi connectivity index (χ1v) is 11.2. The fourth-order valence-corrected chi connectivity index (χ4v) is 3.82. The van der Waals surface area contributed by atoms with E-state index in [4.69, 9.17) is 14.5 Å². The number of piperidine rings is 1. The van der Waals surface area contributed by atoms with Crippen LogP contribution >= 0.6 is 0 Å². The molecule has 1 saturated heterocycles. The molecule has 3 heterocycles. The average molecular weight is 425 g/mol. The molecule has 0 unspecified atom stereocenters. The summed E-state index contributed by atoms with van der Waals surface area (Å²) in [6, 6.07) is 8.48. The highest BCUT2D eigenvalue weighted by molar-refractivity contribution is 5.53. The summed E-state index contributed by atoms with van der Waals surface area (Å²) in [6.07, 6.45) is 4.04. The van der Waals surface area contributed by atoms with Gasteiger partial charge in [-0.2, -0.15) is 19.6 Å². The Morgan fingerprint density at radius 3 is 2.87 bits per heavy atom. The number of aromatic nitrogens is 4. The molecule has 2 N–H and O–H groups in total. The lowest BCUT2D eigenvalue weighted by Gasteiger charge is -2.23. The van der Waals surface area contributed by atoms with Crippen molar-refractivity contribution >= 4 is 11.6 Å². The normalized spacial score (nSPS) is 17.6. The van der Waals surface area contributed by atoms with E-state index in [2.05, 4.69) is 47.6 Å². The smallest absolute Gasteiger partial charge is 0.322 e. The van der Waals surface area contributed by atoms with E-state index >= 15 is 0 Å². The van der Waals surface area contributed by atoms with Crippen molar-refractivity contribution in [2.75, 3.05) is 25.0 Å². The molecule has 0 radical (unpaired) electrons. The van der Waals surface area contributed by atoms with Gasteiger partial charge in [-0.1, -0.05) is 26.0 Å². The Bertz CT molecular complexity index is 1010. The van der Waals surface area contributed by atoms with E-state index in [9.17, 15) is 0 Å². The van der Waals surface area contributed by atoms with Crippen molar-refractivity contribution in [1.82, 2.24) is 24.9 Å². The van der Waals surface area contributed by atoms with Gasteiger partial charge in [0.2, 0.25) is 5.95 Å². The van der Waals surface area contributed by atoms with Crippen molar-refractivity contribution in [1.29, 1.82) is 0 Å². The van der Waals surface area contributed by atoms with Gasteiger partial charge in [-0.05, 0) is 56.8 Å². The van der Waals surface area contributed by atoms with Crippen LogP contribution in [0.25, 0.3) is 5.65 Å². The molecule has 8 nitrogen and oxygen atoms in total. The Hall–Kier alpha value is -2.87. The van der Waals surface area contributed by atoms with Gasteiger partial charge in [-0.3, -0.25) is 0 Å². The summed E-state index contributed by atoms with van der Waals surface area (Å²) in [5, 5.41) is 11.4. The van der Waals surface area contributed by atoms with Crippen molar-refractivity contribution < 1.29 is 9.47 Å². The highest BCUT2D eigenvalue weighted by Gasteiger charge is 2.21. The molecule has 31 heavy (non-hydrogen) atoms. The maximum Gasteiger partial charge on any atom is 0.322 e. The number of hydrogen-bond acceptors (Lipinski definition) is 7. The predicted octanol–water partition coefficient (Wildman–Crippen LogP) is 3.95. The summed E-state index contributed by atoms with van der Waals surface area (Å²) in [5.41, 5.74) is 2.96. The van der Waals surface area contributed by atoms with Gasteiger partial charge in [-0.15, -0.1) is 0 Å². The van der Waals surface area contributed by atoms with E-state index in [1.807, 2.05) is 31.3 Å². The van der Waals surface area contributed by atoms with Crippen LogP contribution in [0.4, 0.5) is 5.95 Å². The molecule has 3 aromatic rings. The summed E-state index contributed by atoms with van der Waals surface area (Å²) in [4.78, 5) is 9.40. The molecule has 4 rings (SSSR count). The molecule has 1 fully saturated rings. The molecule has 166 valence electrons. The summed E-state index contributed by atoms with van der Waals surface area (Å²) in [5.74, 6) is 1.77. The average Bonchev–Trinajstić information content (AvgIpc) is 3.19. The van der Waals surface area contributed by atoms with Gasteiger partial charge in [0.25, 0.3) is 0 Å². The molecule has 0 saturated carbocycles. The van der Waals surface area contributed by atoms with E-state index in [0.29, 0.717) is 24.5 Å². The molecule has 8 heteroatoms. The highest BCUT2D eigenvalue weighted by atomic mass is 16.5. The second-order valence-corrected chi connectivity index (χ2v) is 8.28. The summed E-state index contributed by atoms with van der Waals surface area (Å²) >= 11 is 0. The molecule has 0 bridgehead atoms. The first-order valence-electron chi connectivity index (χ1n) is 11.2. The van der Waals surface area contributed by atoms with Crippen molar-refractivity contribution in [2.24, 2.45) is 0 Å². The summed E-state index contributed by atoms with van der Waals surface area (Å²) in [7, 11) is 0. The minimum Gasteiger partial charge on any atom is -0.494 e. The molecular weight excluding hydrogens is 392 g/mol. The summed E-state index contributed by atoms with van der Waals surface area (Å²) < 4.78 is 13.6. The van der Waals surface area contributed by atoms with E-state index < -0.39 is 0 Å². The van der Waals surface area contributed by atoms with E-state index in [1.165, 1.54) is 0 Å². The molecular formula is C23H32N6O2. The third-order valence-electron chi connectivity index (χ3n) is 5.54. The topological polar surface area (TPSA) is 85.6 Å². The molecule has 1 aliphatic rings. The van der Waals surface area contributed by atoms with Crippen LogP contribution in [0.15, 0.2) is 30.5 Å². The number of anilines is 1. The Balaban J connectivity index is 1.65. The monoisotopic (exact) mass is 424 g/mol. The van der Waals surface area contributed by atoms with Gasteiger partial charge in [-0.25, -0.2) is 0 Å². The third-order valence-corrected chi connectivity index (χ3v) is 5.54. The van der Waals surface area contributed by atoms with Gasteiger partial charge in [0.1, 0.15) is 11.9 Å². The number of nitrogens with one attached hydrogen (secondary N) is 2. The Labute approximate surface area is 183 Å². The van der Waals surface area contributed by atoms with Gasteiger partial charge in [0.15, 0.2) is 5.65 Å². The number of nitrogens with zero attached hydrogens (tertiary/aromatic N) is 4. The van der Waals surface area contributed by atoms with Gasteiger partial charge in [0.05, 0.1) is 18.8 Å². The number of benzene rings is 1. The zero-order valence-corrected chi connectivity index (χ0v) is 18.8. The van der Waals surface area contributed by atoms with Crippen molar-refractivity contribution in [3.63, 3.8) is 0 Å². The molecule has 2 aromatic heterocycles. The number of ether oxygens (including phenoxy) is 2. The summed E-state index contributed by atoms with van der Waals surface area (Å²) in [6.45, 7) is 10.8. The first-order chi connectivity index (χ1) is 15.0. The van der Waals surface area contributed by atoms with Crippen LogP contribution in [0, 0.1) is 0 Å². The highest BCUT2D eigenvalue weighted by Crippen LogP contribution is 2.27. The first kappa shape index (κ1) is 21.4. The maximum absolute atomic E-state index is 6.16. The fourth-order valence-electron chi connectivity index (χ4n) is 3.82. The lowest BCUT2D eigenvalue weighted by atomic mass is 10.1. The predicted molar refractivity (Wildman–Crippen MR) is 121 cm³/mol. The number of hydrogen-bond donors (Lipinski definition) is 2. The minimum atomic E-state index is -0.00518. The fraction of sp³-hybridized carbons (Fsp3) is 0.522. The van der Waals surface area contributed by atoms with Crippen LogP contribution in [-0.2, 0) is 0 Å². The molecule has 2 atom stereocenters. The second kappa shape index (κ2) is 9.51. The SMILES string of the molecule is CCOc1cccc([C@H](C)Nc2nc(O[C@@H]3CCCNC3)nc3c(C(C)C)cnn23)c1. The van der Waals surface area contributed by atoms with Gasteiger partial charge < -0.3 is 20.1 Å². The van der Waals surface area contributed by atoms with Crippen LogP contribution in [-0.4, -0.2) is 45.4 Å². The Morgan fingerprint density at radius 1 is 1.26 bits per heavy atom. The van der Waals surface area contributed by atoms with Crippen LogP contribution in [0.1, 0.15) is 63.6 Å². The zero-order valence-electron chi connectivity index (χ0n) is 18.8. The minimum absolute atomic E-state index is 0.00518. The van der Waals surface area contributed by atoms with Crippen LogP contribution in [0.3, 0.4) is 0 Å². The Morgan fingerprint density at radius 2 is 2.13 bits per heavy atom. The molecule has 1 aromatic carbocycles. The van der Waals surface area contributed by atoms with E-state index in [-0.39, 0.29) is 12.1 Å². The quantitative estimate of drug-likeness (QED) is 0.566. The number of rotatable bonds is 8. The van der Waals surface area contributed by atoms with Crippen LogP contribution in [0.2, 0.25) is 0 Å². The van der Waals surface area contributed by atoms with E-state index in [1.54, 1.807) is 4.52 Å². The van der Waals surface area contributed by atoms with Crippen molar-refractivity contribution in [3.8, 4) is 11.8 Å². The number of fused-ring (bicyclic) bond motifs is 1. The van der Waals surface area contributed by atoms with Crippen LogP contribution in [0.5, 0.6) is 11.8 Å². The van der Waals surface area contributed by atoms with Crippen molar-refractivity contribution in [2.45, 2.75) is 58.6 Å². The standard InChI is InChI=1S/C23H32N6O2/c1-5-30-18-9-6-8-17(12-18)16(4)26-22-28-23(31-19-10-7-11-24-13-19)27-21-20(15(2)3)14-25-29(21)22/h6,8-9,12,14-16,19,24H,5,7,10-11,13H2,1-4H3,(H,26,27,28)/t16-,19+/m0/s1. The molecule has 0 spiro atoms. The van der Waals surface area contributed by atoms with Gasteiger partial charge >= 0.3 is 6.01 Å². The van der Waals surface area contributed by atoms with Crippen LogP contribution < -0.4 is 20.1 Å². The van der Waals surface area contributed by atoms with Gasteiger partial charge in [0, 0.05) is 12.1 Å². The molecule has 0 amide bonds. The lowest BCUT2D eigenvalue weighted by Crippen LogP contribution is -2.37.